The number of carbonyl (C=O) groups is 2. The number of aliphatic carboxylic acids is 1. The summed E-state index contributed by atoms with van der Waals surface area (Å²) in [5, 5.41) is 21.1. The van der Waals surface area contributed by atoms with Crippen LogP contribution in [0.4, 0.5) is 0 Å². The molecule has 94 valence electrons. The second-order valence-electron chi connectivity index (χ2n) is 3.86. The van der Waals surface area contributed by atoms with Crippen LogP contribution < -0.4 is 5.32 Å². The lowest BCUT2D eigenvalue weighted by molar-refractivity contribution is -0.137. The quantitative estimate of drug-likeness (QED) is 0.636. The smallest absolute Gasteiger partial charge is 0.322 e. The van der Waals surface area contributed by atoms with Crippen molar-refractivity contribution in [1.29, 1.82) is 0 Å². The molecule has 0 spiro atoms. The van der Waals surface area contributed by atoms with Crippen molar-refractivity contribution in [2.24, 2.45) is 0 Å². The number of fused-ring (bicyclic) bond motifs is 1. The Balaban J connectivity index is 2.15. The highest BCUT2D eigenvalue weighted by molar-refractivity contribution is 5.92. The van der Waals surface area contributed by atoms with Crippen LogP contribution in [0.15, 0.2) is 24.4 Å². The van der Waals surface area contributed by atoms with Gasteiger partial charge in [-0.2, -0.15) is 0 Å². The van der Waals surface area contributed by atoms with Gasteiger partial charge in [-0.3, -0.25) is 9.59 Å². The van der Waals surface area contributed by atoms with Gasteiger partial charge in [0, 0.05) is 11.6 Å². The molecule has 2 rings (SSSR count). The first kappa shape index (κ1) is 12.0. The Hall–Kier alpha value is -2.50. The number of carboxylic acid groups (broad SMARTS) is 1. The fourth-order valence-corrected chi connectivity index (χ4v) is 1.75. The highest BCUT2D eigenvalue weighted by Gasteiger charge is 2.11. The first-order valence-corrected chi connectivity index (χ1v) is 5.34. The Labute approximate surface area is 102 Å². The first-order chi connectivity index (χ1) is 8.58. The summed E-state index contributed by atoms with van der Waals surface area (Å²) in [7, 11) is 0. The maximum atomic E-state index is 11.5. The van der Waals surface area contributed by atoms with E-state index in [-0.39, 0.29) is 18.1 Å². The van der Waals surface area contributed by atoms with E-state index in [2.05, 4.69) is 10.3 Å². The lowest BCUT2D eigenvalue weighted by Gasteiger charge is -2.01. The Morgan fingerprint density at radius 2 is 2.11 bits per heavy atom. The maximum absolute atomic E-state index is 11.5. The van der Waals surface area contributed by atoms with Crippen molar-refractivity contribution in [2.75, 3.05) is 6.54 Å². The van der Waals surface area contributed by atoms with E-state index in [0.717, 1.165) is 5.39 Å². The molecule has 6 heteroatoms. The standard InChI is InChI=1S/C12H12N2O4/c15-9-3-1-2-8-7(5-14-12(8)9)4-10(16)13-6-11(17)18/h1-3,5,14-15H,4,6H2,(H,13,16)(H,17,18). The van der Waals surface area contributed by atoms with Gasteiger partial charge in [0.2, 0.25) is 5.91 Å². The van der Waals surface area contributed by atoms with Gasteiger partial charge in [0.05, 0.1) is 11.9 Å². The zero-order chi connectivity index (χ0) is 13.1. The Morgan fingerprint density at radius 1 is 1.33 bits per heavy atom. The molecule has 0 radical (unpaired) electrons. The highest BCUT2D eigenvalue weighted by atomic mass is 16.4. The average molecular weight is 248 g/mol. The number of aromatic hydroxyl groups is 1. The van der Waals surface area contributed by atoms with Crippen LogP contribution in [0.5, 0.6) is 5.75 Å². The van der Waals surface area contributed by atoms with Gasteiger partial charge in [0.25, 0.3) is 0 Å². The molecular weight excluding hydrogens is 236 g/mol. The second kappa shape index (κ2) is 4.79. The molecule has 1 aromatic carbocycles. The van der Waals surface area contributed by atoms with Crippen molar-refractivity contribution in [2.45, 2.75) is 6.42 Å². The SMILES string of the molecule is O=C(O)CNC(=O)Cc1c[nH]c2c(O)cccc12. The number of rotatable bonds is 4. The van der Waals surface area contributed by atoms with Crippen molar-refractivity contribution in [1.82, 2.24) is 10.3 Å². The van der Waals surface area contributed by atoms with Gasteiger partial charge in [0.1, 0.15) is 12.3 Å². The van der Waals surface area contributed by atoms with E-state index < -0.39 is 12.5 Å². The number of nitrogens with one attached hydrogen (secondary N) is 2. The van der Waals surface area contributed by atoms with E-state index in [1.54, 1.807) is 24.4 Å². The molecule has 0 saturated heterocycles. The molecule has 4 N–H and O–H groups in total. The number of carboxylic acids is 1. The number of H-pyrrole nitrogens is 1. The molecular formula is C12H12N2O4. The summed E-state index contributed by atoms with van der Waals surface area (Å²) in [6, 6.07) is 5.02. The Bertz CT molecular complexity index is 603. The van der Waals surface area contributed by atoms with Gasteiger partial charge in [-0.05, 0) is 11.6 Å². The number of hydrogen-bond donors (Lipinski definition) is 4. The van der Waals surface area contributed by atoms with Crippen LogP contribution in [0.3, 0.4) is 0 Å². The second-order valence-corrected chi connectivity index (χ2v) is 3.86. The third-order valence-electron chi connectivity index (χ3n) is 2.57. The molecule has 1 aromatic heterocycles. The summed E-state index contributed by atoms with van der Waals surface area (Å²) < 4.78 is 0. The normalized spacial score (nSPS) is 10.4. The Kier molecular flexibility index (Phi) is 3.18. The summed E-state index contributed by atoms with van der Waals surface area (Å²) in [6.45, 7) is -0.396. The lowest BCUT2D eigenvalue weighted by atomic mass is 10.1. The van der Waals surface area contributed by atoms with Gasteiger partial charge in [-0.15, -0.1) is 0 Å². The van der Waals surface area contributed by atoms with Crippen LogP contribution in [0.1, 0.15) is 5.56 Å². The summed E-state index contributed by atoms with van der Waals surface area (Å²) in [5.74, 6) is -1.34. The zero-order valence-corrected chi connectivity index (χ0v) is 9.43. The molecule has 0 fully saturated rings. The van der Waals surface area contributed by atoms with Crippen LogP contribution in [0, 0.1) is 0 Å². The van der Waals surface area contributed by atoms with Crippen LogP contribution in [0.2, 0.25) is 0 Å². The number of carbonyl (C=O) groups excluding carboxylic acids is 1. The van der Waals surface area contributed by atoms with Crippen molar-refractivity contribution < 1.29 is 19.8 Å². The van der Waals surface area contributed by atoms with Gasteiger partial charge >= 0.3 is 5.97 Å². The van der Waals surface area contributed by atoms with Crippen LogP contribution in [-0.4, -0.2) is 33.6 Å². The van der Waals surface area contributed by atoms with Gasteiger partial charge in [0.15, 0.2) is 0 Å². The third-order valence-corrected chi connectivity index (χ3v) is 2.57. The lowest BCUT2D eigenvalue weighted by Crippen LogP contribution is -2.30. The zero-order valence-electron chi connectivity index (χ0n) is 9.43. The molecule has 1 heterocycles. The van der Waals surface area contributed by atoms with Crippen molar-refractivity contribution in [3.8, 4) is 5.75 Å². The first-order valence-electron chi connectivity index (χ1n) is 5.34. The van der Waals surface area contributed by atoms with E-state index in [1.807, 2.05) is 0 Å². The number of phenols is 1. The van der Waals surface area contributed by atoms with Crippen molar-refractivity contribution in [3.05, 3.63) is 30.0 Å². The number of aromatic nitrogens is 1. The maximum Gasteiger partial charge on any atom is 0.322 e. The minimum Gasteiger partial charge on any atom is -0.506 e. The number of phenolic OH excluding ortho intramolecular Hbond substituents is 1. The average Bonchev–Trinajstić information content (AvgIpc) is 2.72. The number of hydrogen-bond acceptors (Lipinski definition) is 3. The van der Waals surface area contributed by atoms with E-state index in [9.17, 15) is 14.7 Å². The fraction of sp³-hybridized carbons (Fsp3) is 0.167. The third kappa shape index (κ3) is 2.42. The fourth-order valence-electron chi connectivity index (χ4n) is 1.75. The summed E-state index contributed by atoms with van der Waals surface area (Å²) in [5.41, 5.74) is 1.28. The van der Waals surface area contributed by atoms with E-state index >= 15 is 0 Å². The number of para-hydroxylation sites is 1. The molecule has 0 saturated carbocycles. The summed E-state index contributed by atoms with van der Waals surface area (Å²) in [4.78, 5) is 24.7. The van der Waals surface area contributed by atoms with Crippen LogP contribution >= 0.6 is 0 Å². The molecule has 0 aliphatic heterocycles. The monoisotopic (exact) mass is 248 g/mol. The van der Waals surface area contributed by atoms with Gasteiger partial charge in [-0.25, -0.2) is 0 Å². The molecule has 0 unspecified atom stereocenters. The van der Waals surface area contributed by atoms with Crippen molar-refractivity contribution >= 4 is 22.8 Å². The predicted octanol–water partition coefficient (Wildman–Crippen LogP) is 0.617. The molecule has 0 bridgehead atoms. The molecule has 1 amide bonds. The topological polar surface area (TPSA) is 102 Å². The summed E-state index contributed by atoms with van der Waals surface area (Å²) >= 11 is 0. The van der Waals surface area contributed by atoms with Crippen LogP contribution in [0.25, 0.3) is 10.9 Å². The Morgan fingerprint density at radius 3 is 2.83 bits per heavy atom. The number of amides is 1. The van der Waals surface area contributed by atoms with E-state index in [0.29, 0.717) is 11.1 Å². The minimum absolute atomic E-state index is 0.0662. The number of aromatic amines is 1. The molecule has 0 aliphatic carbocycles. The molecule has 0 aliphatic rings. The molecule has 2 aromatic rings. The van der Waals surface area contributed by atoms with Crippen LogP contribution in [-0.2, 0) is 16.0 Å². The van der Waals surface area contributed by atoms with Gasteiger partial charge in [-0.1, -0.05) is 12.1 Å². The predicted molar refractivity (Wildman–Crippen MR) is 64.3 cm³/mol. The molecule has 6 nitrogen and oxygen atoms in total. The largest absolute Gasteiger partial charge is 0.506 e. The molecule has 18 heavy (non-hydrogen) atoms. The van der Waals surface area contributed by atoms with Gasteiger partial charge < -0.3 is 20.5 Å². The van der Waals surface area contributed by atoms with E-state index in [4.69, 9.17) is 5.11 Å². The minimum atomic E-state index is -1.08. The molecule has 0 atom stereocenters. The number of benzene rings is 1. The van der Waals surface area contributed by atoms with Crippen molar-refractivity contribution in [3.63, 3.8) is 0 Å². The highest BCUT2D eigenvalue weighted by Crippen LogP contribution is 2.26. The van der Waals surface area contributed by atoms with E-state index in [1.165, 1.54) is 0 Å². The summed E-state index contributed by atoms with van der Waals surface area (Å²) in [6.07, 6.45) is 1.70.